The molecular formula is C14H21N. The fraction of sp³-hybridized carbons (Fsp3) is 0.571. The Morgan fingerprint density at radius 2 is 2.20 bits per heavy atom. The molecule has 2 aliphatic rings. The molecule has 0 heterocycles. The van der Waals surface area contributed by atoms with Crippen LogP contribution in [0.5, 0.6) is 0 Å². The Hall–Kier alpha value is -0.820. The summed E-state index contributed by atoms with van der Waals surface area (Å²) in [5.41, 5.74) is 10.2. The summed E-state index contributed by atoms with van der Waals surface area (Å²) in [5, 5.41) is 0. The molecule has 2 aliphatic carbocycles. The Labute approximate surface area is 92.7 Å². The van der Waals surface area contributed by atoms with Gasteiger partial charge in [0.05, 0.1) is 0 Å². The average molecular weight is 203 g/mol. The molecular weight excluding hydrogens is 182 g/mol. The third-order valence-corrected chi connectivity index (χ3v) is 3.72. The van der Waals surface area contributed by atoms with Crippen LogP contribution in [0.4, 0.5) is 0 Å². The number of hydrogen-bond acceptors (Lipinski definition) is 1. The van der Waals surface area contributed by atoms with E-state index in [4.69, 9.17) is 5.73 Å². The van der Waals surface area contributed by atoms with Gasteiger partial charge in [-0.2, -0.15) is 0 Å². The Balaban J connectivity index is 1.61. The summed E-state index contributed by atoms with van der Waals surface area (Å²) in [5.74, 6) is 0.683. The van der Waals surface area contributed by atoms with Gasteiger partial charge < -0.3 is 5.73 Å². The van der Waals surface area contributed by atoms with Crippen LogP contribution in [0, 0.1) is 5.92 Å². The molecule has 0 aliphatic heterocycles. The molecule has 82 valence electrons. The molecule has 2 N–H and O–H groups in total. The lowest BCUT2D eigenvalue weighted by molar-refractivity contribution is 0.499. The zero-order valence-corrected chi connectivity index (χ0v) is 9.63. The maximum Gasteiger partial charge on any atom is 0.00955 e. The second kappa shape index (κ2) is 4.36. The molecule has 1 saturated carbocycles. The topological polar surface area (TPSA) is 26.0 Å². The van der Waals surface area contributed by atoms with Crippen molar-refractivity contribution in [1.29, 1.82) is 0 Å². The molecule has 0 bridgehead atoms. The van der Waals surface area contributed by atoms with E-state index in [0.717, 1.165) is 6.42 Å². The first-order chi connectivity index (χ1) is 7.24. The number of nitrogens with two attached hydrogens (primary N) is 1. The second-order valence-electron chi connectivity index (χ2n) is 4.73. The molecule has 2 unspecified atom stereocenters. The summed E-state index contributed by atoms with van der Waals surface area (Å²) >= 11 is 0. The van der Waals surface area contributed by atoms with Crippen molar-refractivity contribution in [2.75, 3.05) is 0 Å². The Morgan fingerprint density at radius 3 is 2.73 bits per heavy atom. The molecule has 2 atom stereocenters. The van der Waals surface area contributed by atoms with Gasteiger partial charge in [0.1, 0.15) is 0 Å². The van der Waals surface area contributed by atoms with Crippen LogP contribution in [0.1, 0.15) is 39.0 Å². The van der Waals surface area contributed by atoms with Crippen molar-refractivity contribution in [1.82, 2.24) is 0 Å². The van der Waals surface area contributed by atoms with Crippen molar-refractivity contribution in [3.05, 3.63) is 35.5 Å². The van der Waals surface area contributed by atoms with Gasteiger partial charge in [0.25, 0.3) is 0 Å². The largest absolute Gasteiger partial charge is 0.328 e. The van der Waals surface area contributed by atoms with Crippen molar-refractivity contribution in [2.45, 2.75) is 45.1 Å². The molecule has 2 rings (SSSR count). The molecule has 0 radical (unpaired) electrons. The maximum absolute atomic E-state index is 5.89. The monoisotopic (exact) mass is 203 g/mol. The third-order valence-electron chi connectivity index (χ3n) is 3.72. The molecule has 1 fully saturated rings. The lowest BCUT2D eigenvalue weighted by Crippen LogP contribution is -2.26. The predicted octanol–water partition coefficient (Wildman–Crippen LogP) is 3.34. The molecule has 0 spiro atoms. The lowest BCUT2D eigenvalue weighted by atomic mass is 9.64. The van der Waals surface area contributed by atoms with E-state index in [2.05, 4.69) is 25.7 Å². The van der Waals surface area contributed by atoms with Gasteiger partial charge in [-0.05, 0) is 36.0 Å². The van der Waals surface area contributed by atoms with Crippen LogP contribution in [0.15, 0.2) is 35.5 Å². The molecule has 15 heavy (non-hydrogen) atoms. The van der Waals surface area contributed by atoms with E-state index in [1.54, 1.807) is 5.57 Å². The van der Waals surface area contributed by atoms with Gasteiger partial charge >= 0.3 is 0 Å². The van der Waals surface area contributed by atoms with E-state index in [-0.39, 0.29) is 0 Å². The zero-order valence-electron chi connectivity index (χ0n) is 9.63. The zero-order chi connectivity index (χ0) is 10.8. The maximum atomic E-state index is 5.89. The predicted molar refractivity (Wildman–Crippen MR) is 65.5 cm³/mol. The molecule has 0 saturated heterocycles. The van der Waals surface area contributed by atoms with Gasteiger partial charge in [0.15, 0.2) is 0 Å². The third kappa shape index (κ3) is 1.93. The highest BCUT2D eigenvalue weighted by Gasteiger charge is 2.36. The van der Waals surface area contributed by atoms with Crippen molar-refractivity contribution in [3.8, 4) is 0 Å². The Kier molecular flexibility index (Phi) is 3.11. The Morgan fingerprint density at radius 1 is 1.40 bits per heavy atom. The average Bonchev–Trinajstić information content (AvgIpc) is 2.20. The van der Waals surface area contributed by atoms with Crippen LogP contribution in [0.25, 0.3) is 0 Å². The van der Waals surface area contributed by atoms with Crippen LogP contribution in [0.2, 0.25) is 0 Å². The van der Waals surface area contributed by atoms with Crippen LogP contribution in [-0.4, -0.2) is 6.04 Å². The summed E-state index contributed by atoms with van der Waals surface area (Å²) in [7, 11) is 0. The summed E-state index contributed by atoms with van der Waals surface area (Å²) in [6.45, 7) is 6.28. The number of rotatable bonds is 6. The first-order valence-corrected chi connectivity index (χ1v) is 6.11. The van der Waals surface area contributed by atoms with E-state index >= 15 is 0 Å². The van der Waals surface area contributed by atoms with Crippen molar-refractivity contribution >= 4 is 0 Å². The van der Waals surface area contributed by atoms with Gasteiger partial charge in [-0.1, -0.05) is 38.5 Å². The lowest BCUT2D eigenvalue weighted by Gasteiger charge is -2.40. The van der Waals surface area contributed by atoms with Crippen molar-refractivity contribution < 1.29 is 0 Å². The fourth-order valence-corrected chi connectivity index (χ4v) is 2.45. The SMILES string of the molecule is C=C1C2=CC=C2C1CCCCC(N)CC. The van der Waals surface area contributed by atoms with Crippen LogP contribution in [0.3, 0.4) is 0 Å². The first kappa shape index (κ1) is 10.7. The van der Waals surface area contributed by atoms with E-state index in [0.29, 0.717) is 12.0 Å². The van der Waals surface area contributed by atoms with Gasteiger partial charge in [-0.25, -0.2) is 0 Å². The highest BCUT2D eigenvalue weighted by molar-refractivity contribution is 5.69. The summed E-state index contributed by atoms with van der Waals surface area (Å²) < 4.78 is 0. The first-order valence-electron chi connectivity index (χ1n) is 6.11. The van der Waals surface area contributed by atoms with Crippen molar-refractivity contribution in [2.24, 2.45) is 11.7 Å². The van der Waals surface area contributed by atoms with Crippen LogP contribution in [-0.2, 0) is 0 Å². The number of allylic oxidation sites excluding steroid dienone is 5. The standard InChI is InChI=1S/C14H21N/c1-3-11(15)6-4-5-7-12-10(2)13-8-9-14(12)13/h8-9,11-12H,2-7,15H2,1H3. The summed E-state index contributed by atoms with van der Waals surface area (Å²) in [6.07, 6.45) is 10.5. The number of fused-ring (bicyclic) bond motifs is 1. The molecule has 0 amide bonds. The minimum atomic E-state index is 0.410. The molecule has 0 aromatic rings. The Bertz CT molecular complexity index is 314. The van der Waals surface area contributed by atoms with Crippen LogP contribution >= 0.6 is 0 Å². The fourth-order valence-electron chi connectivity index (χ4n) is 2.45. The number of hydrogen-bond donors (Lipinski definition) is 1. The van der Waals surface area contributed by atoms with E-state index in [9.17, 15) is 0 Å². The summed E-state index contributed by atoms with van der Waals surface area (Å²) in [4.78, 5) is 0. The highest BCUT2D eigenvalue weighted by Crippen LogP contribution is 2.50. The molecule has 1 heteroatoms. The van der Waals surface area contributed by atoms with E-state index in [1.165, 1.54) is 36.8 Å². The van der Waals surface area contributed by atoms with Gasteiger partial charge in [-0.3, -0.25) is 0 Å². The van der Waals surface area contributed by atoms with Gasteiger partial charge in [-0.15, -0.1) is 0 Å². The minimum Gasteiger partial charge on any atom is -0.328 e. The van der Waals surface area contributed by atoms with E-state index in [1.807, 2.05) is 0 Å². The normalized spacial score (nSPS) is 24.7. The smallest absolute Gasteiger partial charge is 0.00955 e. The van der Waals surface area contributed by atoms with Gasteiger partial charge in [0.2, 0.25) is 0 Å². The highest BCUT2D eigenvalue weighted by atomic mass is 14.6. The molecule has 0 aromatic heterocycles. The van der Waals surface area contributed by atoms with Gasteiger partial charge in [0, 0.05) is 12.0 Å². The summed E-state index contributed by atoms with van der Waals surface area (Å²) in [6, 6.07) is 0.410. The quantitative estimate of drug-likeness (QED) is 0.658. The molecule has 0 aromatic carbocycles. The van der Waals surface area contributed by atoms with Crippen LogP contribution < -0.4 is 5.73 Å². The number of unbranched alkanes of at least 4 members (excludes halogenated alkanes) is 1. The molecule has 1 nitrogen and oxygen atoms in total. The minimum absolute atomic E-state index is 0.410. The second-order valence-corrected chi connectivity index (χ2v) is 4.73. The van der Waals surface area contributed by atoms with E-state index < -0.39 is 0 Å². The van der Waals surface area contributed by atoms with Crippen molar-refractivity contribution in [3.63, 3.8) is 0 Å².